The standard InChI is InChI=1S/C9H17N3Si/c1-5-6-9(13(2,3)4)12-8-10-7-11-12/h6-8H,5H2,1-4H3. The van der Waals surface area contributed by atoms with Gasteiger partial charge < -0.3 is 0 Å². The molecule has 0 aliphatic rings. The fraction of sp³-hybridized carbons (Fsp3) is 0.556. The molecular formula is C9H17N3Si. The lowest BCUT2D eigenvalue weighted by molar-refractivity contribution is 0.910. The lowest BCUT2D eigenvalue weighted by Gasteiger charge is -2.20. The second-order valence-corrected chi connectivity index (χ2v) is 9.10. The Morgan fingerprint density at radius 1 is 1.46 bits per heavy atom. The maximum atomic E-state index is 4.17. The van der Waals surface area contributed by atoms with Gasteiger partial charge in [-0.25, -0.2) is 9.67 Å². The van der Waals surface area contributed by atoms with E-state index in [1.165, 1.54) is 5.32 Å². The Hall–Kier alpha value is -0.903. The van der Waals surface area contributed by atoms with Crippen LogP contribution in [0.15, 0.2) is 18.7 Å². The molecule has 13 heavy (non-hydrogen) atoms. The van der Waals surface area contributed by atoms with Gasteiger partial charge in [0.1, 0.15) is 20.7 Å². The molecule has 0 radical (unpaired) electrons. The zero-order valence-electron chi connectivity index (χ0n) is 8.78. The maximum absolute atomic E-state index is 4.17. The van der Waals surface area contributed by atoms with Crippen LogP contribution < -0.4 is 0 Å². The van der Waals surface area contributed by atoms with E-state index in [0.717, 1.165) is 6.42 Å². The molecule has 0 N–H and O–H groups in total. The molecule has 0 aromatic carbocycles. The summed E-state index contributed by atoms with van der Waals surface area (Å²) in [7, 11) is -1.29. The molecule has 0 saturated heterocycles. The first-order valence-corrected chi connectivity index (χ1v) is 8.11. The predicted molar refractivity (Wildman–Crippen MR) is 57.9 cm³/mol. The van der Waals surface area contributed by atoms with Gasteiger partial charge in [-0.1, -0.05) is 32.6 Å². The quantitative estimate of drug-likeness (QED) is 0.693. The summed E-state index contributed by atoms with van der Waals surface area (Å²) in [5.41, 5.74) is 0. The molecule has 0 fully saturated rings. The first-order chi connectivity index (χ1) is 6.05. The van der Waals surface area contributed by atoms with Crippen molar-refractivity contribution >= 4 is 13.4 Å². The molecule has 4 heteroatoms. The van der Waals surface area contributed by atoms with Crippen LogP contribution in [0.2, 0.25) is 19.6 Å². The van der Waals surface area contributed by atoms with Crippen LogP contribution in [0.1, 0.15) is 13.3 Å². The third-order valence-electron chi connectivity index (χ3n) is 1.83. The molecular weight excluding hydrogens is 178 g/mol. The van der Waals surface area contributed by atoms with Crippen LogP contribution >= 0.6 is 0 Å². The van der Waals surface area contributed by atoms with Gasteiger partial charge in [-0.3, -0.25) is 0 Å². The number of nitrogens with zero attached hydrogens (tertiary/aromatic N) is 3. The minimum Gasteiger partial charge on any atom is -0.230 e. The minimum atomic E-state index is -1.29. The van der Waals surface area contributed by atoms with Crippen LogP contribution in [0.25, 0.3) is 5.32 Å². The smallest absolute Gasteiger partial charge is 0.138 e. The highest BCUT2D eigenvalue weighted by molar-refractivity contribution is 6.92. The lowest BCUT2D eigenvalue weighted by atomic mass is 10.5. The fourth-order valence-electron chi connectivity index (χ4n) is 1.27. The molecule has 1 aromatic rings. The van der Waals surface area contributed by atoms with Gasteiger partial charge in [-0.15, -0.1) is 0 Å². The SMILES string of the molecule is CCC=C(n1cncn1)[Si](C)(C)C. The van der Waals surface area contributed by atoms with Crippen molar-refractivity contribution in [2.75, 3.05) is 0 Å². The second kappa shape index (κ2) is 3.87. The summed E-state index contributed by atoms with van der Waals surface area (Å²) >= 11 is 0. The Labute approximate surface area is 80.5 Å². The van der Waals surface area contributed by atoms with Gasteiger partial charge in [0.2, 0.25) is 0 Å². The predicted octanol–water partition coefficient (Wildman–Crippen LogP) is 2.41. The molecule has 0 unspecified atom stereocenters. The van der Waals surface area contributed by atoms with E-state index >= 15 is 0 Å². The Kier molecular flexibility index (Phi) is 3.03. The summed E-state index contributed by atoms with van der Waals surface area (Å²) in [6.45, 7) is 9.10. The second-order valence-electron chi connectivity index (χ2n) is 4.09. The van der Waals surface area contributed by atoms with Gasteiger partial charge in [0.15, 0.2) is 0 Å². The van der Waals surface area contributed by atoms with Crippen molar-refractivity contribution in [1.29, 1.82) is 0 Å². The average molecular weight is 195 g/mol. The topological polar surface area (TPSA) is 30.7 Å². The monoisotopic (exact) mass is 195 g/mol. The van der Waals surface area contributed by atoms with E-state index in [0.29, 0.717) is 0 Å². The van der Waals surface area contributed by atoms with Crippen molar-refractivity contribution in [1.82, 2.24) is 14.8 Å². The lowest BCUT2D eigenvalue weighted by Crippen LogP contribution is -2.27. The van der Waals surface area contributed by atoms with Gasteiger partial charge in [0, 0.05) is 5.32 Å². The number of hydrogen-bond acceptors (Lipinski definition) is 2. The normalized spacial score (nSPS) is 13.4. The molecule has 0 amide bonds. The fourth-order valence-corrected chi connectivity index (χ4v) is 2.89. The molecule has 1 rings (SSSR count). The van der Waals surface area contributed by atoms with E-state index in [1.807, 2.05) is 4.68 Å². The first-order valence-electron chi connectivity index (χ1n) is 4.61. The largest absolute Gasteiger partial charge is 0.230 e. The highest BCUT2D eigenvalue weighted by Gasteiger charge is 2.21. The first kappa shape index (κ1) is 10.2. The molecule has 0 bridgehead atoms. The van der Waals surface area contributed by atoms with Gasteiger partial charge in [0.05, 0.1) is 0 Å². The van der Waals surface area contributed by atoms with Crippen LogP contribution in [0.3, 0.4) is 0 Å². The van der Waals surface area contributed by atoms with Crippen molar-refractivity contribution < 1.29 is 0 Å². The molecule has 72 valence electrons. The molecule has 1 aromatic heterocycles. The number of aromatic nitrogens is 3. The molecule has 0 atom stereocenters. The van der Waals surface area contributed by atoms with Gasteiger partial charge in [-0.2, -0.15) is 5.10 Å². The van der Waals surface area contributed by atoms with Crippen molar-refractivity contribution in [3.63, 3.8) is 0 Å². The van der Waals surface area contributed by atoms with Crippen molar-refractivity contribution in [2.45, 2.75) is 33.0 Å². The maximum Gasteiger partial charge on any atom is 0.138 e. The van der Waals surface area contributed by atoms with Crippen LogP contribution in [-0.4, -0.2) is 22.8 Å². The van der Waals surface area contributed by atoms with Crippen molar-refractivity contribution in [3.8, 4) is 0 Å². The summed E-state index contributed by atoms with van der Waals surface area (Å²) in [5, 5.41) is 5.51. The molecule has 0 spiro atoms. The highest BCUT2D eigenvalue weighted by atomic mass is 28.3. The van der Waals surface area contributed by atoms with E-state index in [2.05, 4.69) is 42.7 Å². The third kappa shape index (κ3) is 2.52. The van der Waals surface area contributed by atoms with E-state index in [9.17, 15) is 0 Å². The molecule has 1 heterocycles. The molecule has 3 nitrogen and oxygen atoms in total. The Bertz CT molecular complexity index is 282. The molecule has 0 aliphatic heterocycles. The Balaban J connectivity index is 3.02. The van der Waals surface area contributed by atoms with Crippen molar-refractivity contribution in [2.24, 2.45) is 0 Å². The van der Waals surface area contributed by atoms with E-state index < -0.39 is 8.07 Å². The average Bonchev–Trinajstić information content (AvgIpc) is 2.49. The van der Waals surface area contributed by atoms with Crippen LogP contribution in [-0.2, 0) is 0 Å². The number of hydrogen-bond donors (Lipinski definition) is 0. The molecule has 0 saturated carbocycles. The van der Waals surface area contributed by atoms with E-state index in [4.69, 9.17) is 0 Å². The molecule has 0 aliphatic carbocycles. The van der Waals surface area contributed by atoms with Crippen LogP contribution in [0.4, 0.5) is 0 Å². The van der Waals surface area contributed by atoms with E-state index in [-0.39, 0.29) is 0 Å². The zero-order valence-corrected chi connectivity index (χ0v) is 9.78. The summed E-state index contributed by atoms with van der Waals surface area (Å²) in [5.74, 6) is 0. The Morgan fingerprint density at radius 2 is 2.15 bits per heavy atom. The third-order valence-corrected chi connectivity index (χ3v) is 3.80. The summed E-state index contributed by atoms with van der Waals surface area (Å²) in [4.78, 5) is 3.97. The van der Waals surface area contributed by atoms with E-state index in [1.54, 1.807) is 12.7 Å². The summed E-state index contributed by atoms with van der Waals surface area (Å²) < 4.78 is 1.90. The van der Waals surface area contributed by atoms with Crippen molar-refractivity contribution in [3.05, 3.63) is 18.7 Å². The van der Waals surface area contributed by atoms with Gasteiger partial charge in [0.25, 0.3) is 0 Å². The number of allylic oxidation sites excluding steroid dienone is 1. The summed E-state index contributed by atoms with van der Waals surface area (Å²) in [6, 6.07) is 0. The Morgan fingerprint density at radius 3 is 2.54 bits per heavy atom. The van der Waals surface area contributed by atoms with Gasteiger partial charge in [-0.05, 0) is 6.42 Å². The van der Waals surface area contributed by atoms with Gasteiger partial charge >= 0.3 is 0 Å². The highest BCUT2D eigenvalue weighted by Crippen LogP contribution is 2.18. The minimum absolute atomic E-state index is 1.06. The zero-order chi connectivity index (χ0) is 9.90. The van der Waals surface area contributed by atoms with Crippen LogP contribution in [0.5, 0.6) is 0 Å². The summed E-state index contributed by atoms with van der Waals surface area (Å²) in [6.07, 6.45) is 6.67. The number of rotatable bonds is 3. The van der Waals surface area contributed by atoms with Crippen LogP contribution in [0, 0.1) is 0 Å².